The number of amides is 1. The minimum absolute atomic E-state index is 0.0679. The quantitative estimate of drug-likeness (QED) is 0.888. The topological polar surface area (TPSA) is 38.3 Å². The van der Waals surface area contributed by atoms with Crippen LogP contribution in [0.3, 0.4) is 0 Å². The van der Waals surface area contributed by atoms with Crippen LogP contribution in [0.15, 0.2) is 58.3 Å². The van der Waals surface area contributed by atoms with Crippen molar-refractivity contribution in [1.29, 1.82) is 0 Å². The summed E-state index contributed by atoms with van der Waals surface area (Å²) in [5, 5.41) is 3.69. The van der Waals surface area contributed by atoms with E-state index in [1.165, 1.54) is 0 Å². The number of hydrogen-bond acceptors (Lipinski definition) is 3. The number of halogens is 1. The highest BCUT2D eigenvalue weighted by Gasteiger charge is 2.24. The highest BCUT2D eigenvalue weighted by atomic mass is 35.5. The molecule has 1 heterocycles. The second-order valence-corrected chi connectivity index (χ2v) is 6.59. The van der Waals surface area contributed by atoms with E-state index in [0.717, 1.165) is 28.3 Å². The number of nitrogens with one attached hydrogen (secondary N) is 1. The van der Waals surface area contributed by atoms with Gasteiger partial charge in [0.1, 0.15) is 6.10 Å². The lowest BCUT2D eigenvalue weighted by atomic mass is 10.2. The Kier molecular flexibility index (Phi) is 5.03. The van der Waals surface area contributed by atoms with Crippen LogP contribution in [0.25, 0.3) is 0 Å². The standard InChI is InChI=1S/C17H16ClNO2S/c18-12-7-9-13(10-8-12)22-16-6-2-1-4-14(16)19-17(20)15-5-3-11-21-15/h1-2,4,6-10,15H,3,5,11H2,(H,19,20)/t15-/m0/s1. The molecule has 1 aliphatic rings. The van der Waals surface area contributed by atoms with Gasteiger partial charge in [0.25, 0.3) is 5.91 Å². The average Bonchev–Trinajstić information content (AvgIpc) is 3.06. The Labute approximate surface area is 139 Å². The molecule has 0 spiro atoms. The number of ether oxygens (including phenoxy) is 1. The Morgan fingerprint density at radius 1 is 1.18 bits per heavy atom. The van der Waals surface area contributed by atoms with Crippen molar-refractivity contribution in [3.8, 4) is 0 Å². The van der Waals surface area contributed by atoms with Gasteiger partial charge in [-0.3, -0.25) is 4.79 Å². The summed E-state index contributed by atoms with van der Waals surface area (Å²) in [4.78, 5) is 14.3. The van der Waals surface area contributed by atoms with Crippen LogP contribution in [-0.4, -0.2) is 18.6 Å². The van der Waals surface area contributed by atoms with Gasteiger partial charge in [0, 0.05) is 21.4 Å². The largest absolute Gasteiger partial charge is 0.368 e. The van der Waals surface area contributed by atoms with Crippen LogP contribution < -0.4 is 5.32 Å². The molecule has 0 aliphatic carbocycles. The van der Waals surface area contributed by atoms with Gasteiger partial charge in [0.2, 0.25) is 0 Å². The lowest BCUT2D eigenvalue weighted by Gasteiger charge is -2.13. The molecule has 0 radical (unpaired) electrons. The summed E-state index contributed by atoms with van der Waals surface area (Å²) in [6.45, 7) is 0.666. The predicted octanol–water partition coefficient (Wildman–Crippen LogP) is 4.61. The number of hydrogen-bond donors (Lipinski definition) is 1. The van der Waals surface area contributed by atoms with Gasteiger partial charge >= 0.3 is 0 Å². The Morgan fingerprint density at radius 3 is 2.68 bits per heavy atom. The van der Waals surface area contributed by atoms with Gasteiger partial charge in [-0.05, 0) is 49.2 Å². The lowest BCUT2D eigenvalue weighted by Crippen LogP contribution is -2.27. The molecule has 2 aromatic carbocycles. The van der Waals surface area contributed by atoms with Crippen molar-refractivity contribution in [2.45, 2.75) is 28.7 Å². The zero-order valence-corrected chi connectivity index (χ0v) is 13.5. The normalized spacial score (nSPS) is 17.4. The van der Waals surface area contributed by atoms with Crippen molar-refractivity contribution in [3.05, 3.63) is 53.6 Å². The molecular weight excluding hydrogens is 318 g/mol. The van der Waals surface area contributed by atoms with E-state index in [1.807, 2.05) is 48.5 Å². The van der Waals surface area contributed by atoms with Gasteiger partial charge in [0.05, 0.1) is 5.69 Å². The van der Waals surface area contributed by atoms with Gasteiger partial charge in [-0.15, -0.1) is 0 Å². The third kappa shape index (κ3) is 3.83. The van der Waals surface area contributed by atoms with Crippen molar-refractivity contribution in [1.82, 2.24) is 0 Å². The number of para-hydroxylation sites is 1. The van der Waals surface area contributed by atoms with Gasteiger partial charge in [-0.1, -0.05) is 35.5 Å². The molecule has 1 atom stereocenters. The van der Waals surface area contributed by atoms with Gasteiger partial charge in [-0.2, -0.15) is 0 Å². The number of benzene rings is 2. The van der Waals surface area contributed by atoms with Crippen LogP contribution >= 0.6 is 23.4 Å². The summed E-state index contributed by atoms with van der Waals surface area (Å²) in [5.74, 6) is -0.0679. The van der Waals surface area contributed by atoms with E-state index in [2.05, 4.69) is 5.32 Å². The SMILES string of the molecule is O=C(Nc1ccccc1Sc1ccc(Cl)cc1)[C@@H]1CCCO1. The summed E-state index contributed by atoms with van der Waals surface area (Å²) < 4.78 is 5.42. The second-order valence-electron chi connectivity index (χ2n) is 5.04. The van der Waals surface area contributed by atoms with Crippen molar-refractivity contribution < 1.29 is 9.53 Å². The molecule has 1 saturated heterocycles. The minimum atomic E-state index is -0.325. The summed E-state index contributed by atoms with van der Waals surface area (Å²) in [5.41, 5.74) is 0.808. The van der Waals surface area contributed by atoms with Crippen LogP contribution in [0.1, 0.15) is 12.8 Å². The molecule has 0 saturated carbocycles. The number of carbonyl (C=O) groups excluding carboxylic acids is 1. The fraction of sp³-hybridized carbons (Fsp3) is 0.235. The first-order valence-corrected chi connectivity index (χ1v) is 8.37. The zero-order valence-electron chi connectivity index (χ0n) is 11.9. The van der Waals surface area contributed by atoms with Crippen LogP contribution in [0.5, 0.6) is 0 Å². The van der Waals surface area contributed by atoms with Gasteiger partial charge in [0.15, 0.2) is 0 Å². The maximum atomic E-state index is 12.2. The van der Waals surface area contributed by atoms with E-state index in [0.29, 0.717) is 11.6 Å². The van der Waals surface area contributed by atoms with Crippen LogP contribution in [0.2, 0.25) is 5.02 Å². The maximum Gasteiger partial charge on any atom is 0.253 e. The van der Waals surface area contributed by atoms with Crippen molar-refractivity contribution in [2.24, 2.45) is 0 Å². The Morgan fingerprint density at radius 2 is 1.95 bits per heavy atom. The van der Waals surface area contributed by atoms with Crippen molar-refractivity contribution >= 4 is 35.0 Å². The lowest BCUT2D eigenvalue weighted by molar-refractivity contribution is -0.124. The molecule has 5 heteroatoms. The average molecular weight is 334 g/mol. The maximum absolute atomic E-state index is 12.2. The molecule has 3 rings (SSSR count). The first-order chi connectivity index (χ1) is 10.7. The molecule has 114 valence electrons. The molecule has 0 unspecified atom stereocenters. The smallest absolute Gasteiger partial charge is 0.253 e. The van der Waals surface area contributed by atoms with E-state index in [-0.39, 0.29) is 12.0 Å². The van der Waals surface area contributed by atoms with Crippen molar-refractivity contribution in [2.75, 3.05) is 11.9 Å². The molecule has 1 aliphatic heterocycles. The van der Waals surface area contributed by atoms with E-state index in [4.69, 9.17) is 16.3 Å². The van der Waals surface area contributed by atoms with Crippen LogP contribution in [0, 0.1) is 0 Å². The summed E-state index contributed by atoms with van der Waals surface area (Å²) >= 11 is 7.50. The van der Waals surface area contributed by atoms with Crippen LogP contribution in [0.4, 0.5) is 5.69 Å². The molecule has 1 amide bonds. The molecule has 0 bridgehead atoms. The summed E-state index contributed by atoms with van der Waals surface area (Å²) in [6, 6.07) is 15.4. The van der Waals surface area contributed by atoms with E-state index >= 15 is 0 Å². The third-order valence-electron chi connectivity index (χ3n) is 3.41. The van der Waals surface area contributed by atoms with Crippen LogP contribution in [-0.2, 0) is 9.53 Å². The minimum Gasteiger partial charge on any atom is -0.368 e. The third-order valence-corrected chi connectivity index (χ3v) is 4.74. The van der Waals surface area contributed by atoms with Crippen molar-refractivity contribution in [3.63, 3.8) is 0 Å². The van der Waals surface area contributed by atoms with E-state index < -0.39 is 0 Å². The first kappa shape index (κ1) is 15.4. The number of carbonyl (C=O) groups is 1. The first-order valence-electron chi connectivity index (χ1n) is 7.17. The number of rotatable bonds is 4. The zero-order chi connectivity index (χ0) is 15.4. The fourth-order valence-electron chi connectivity index (χ4n) is 2.29. The molecule has 2 aromatic rings. The highest BCUT2D eigenvalue weighted by molar-refractivity contribution is 7.99. The fourth-order valence-corrected chi connectivity index (χ4v) is 3.31. The summed E-state index contributed by atoms with van der Waals surface area (Å²) in [7, 11) is 0. The van der Waals surface area contributed by atoms with Gasteiger partial charge < -0.3 is 10.1 Å². The molecule has 1 fully saturated rings. The van der Waals surface area contributed by atoms with Gasteiger partial charge in [-0.25, -0.2) is 0 Å². The molecule has 3 nitrogen and oxygen atoms in total. The molecule has 1 N–H and O–H groups in total. The van der Waals surface area contributed by atoms with E-state index in [1.54, 1.807) is 11.8 Å². The Balaban J connectivity index is 1.74. The molecular formula is C17H16ClNO2S. The molecule has 22 heavy (non-hydrogen) atoms. The molecule has 0 aromatic heterocycles. The predicted molar refractivity (Wildman–Crippen MR) is 89.6 cm³/mol. The Hall–Kier alpha value is -1.49. The second kappa shape index (κ2) is 7.18. The summed E-state index contributed by atoms with van der Waals surface area (Å²) in [6.07, 6.45) is 1.41. The monoisotopic (exact) mass is 333 g/mol. The Bertz CT molecular complexity index is 654. The highest BCUT2D eigenvalue weighted by Crippen LogP contribution is 2.34. The number of anilines is 1. The van der Waals surface area contributed by atoms with E-state index in [9.17, 15) is 4.79 Å².